The molecule has 0 radical (unpaired) electrons. The molecule has 0 saturated heterocycles. The number of nitrogens with one attached hydrogen (secondary N) is 1. The Labute approximate surface area is 81.5 Å². The summed E-state index contributed by atoms with van der Waals surface area (Å²) in [5.41, 5.74) is 4.77. The maximum atomic E-state index is 10.2. The molecule has 1 aromatic heterocycles. The number of carbonyl (C=O) groups excluding carboxylic acids is 1. The molecular formula is C8H12N4O2. The molecule has 1 heterocycles. The molecule has 1 aromatic rings. The van der Waals surface area contributed by atoms with E-state index in [4.69, 9.17) is 5.73 Å². The Morgan fingerprint density at radius 2 is 2.21 bits per heavy atom. The molecule has 0 aliphatic heterocycles. The van der Waals surface area contributed by atoms with Gasteiger partial charge in [-0.2, -0.15) is 0 Å². The summed E-state index contributed by atoms with van der Waals surface area (Å²) in [6, 6.07) is 1.75. The highest BCUT2D eigenvalue weighted by Gasteiger charge is 1.95. The standard InChI is InChI=1S/C8H12N4O2/c9-8(13)14-5-4-10-6-7-11-2-1-3-12-7/h1-3,10H,4-6H2,(H2,9,13). The second-order valence-corrected chi connectivity index (χ2v) is 2.51. The van der Waals surface area contributed by atoms with Crippen molar-refractivity contribution in [1.29, 1.82) is 0 Å². The molecule has 0 spiro atoms. The zero-order chi connectivity index (χ0) is 10.2. The van der Waals surface area contributed by atoms with Gasteiger partial charge in [-0.1, -0.05) is 0 Å². The summed E-state index contributed by atoms with van der Waals surface area (Å²) < 4.78 is 4.52. The maximum Gasteiger partial charge on any atom is 0.404 e. The third-order valence-corrected chi connectivity index (χ3v) is 1.43. The van der Waals surface area contributed by atoms with E-state index in [1.807, 2.05) is 0 Å². The molecule has 14 heavy (non-hydrogen) atoms. The van der Waals surface area contributed by atoms with Gasteiger partial charge in [0.05, 0.1) is 6.54 Å². The van der Waals surface area contributed by atoms with Gasteiger partial charge in [-0.05, 0) is 6.07 Å². The molecule has 0 saturated carbocycles. The average molecular weight is 196 g/mol. The number of carbonyl (C=O) groups is 1. The average Bonchev–Trinajstić information content (AvgIpc) is 2.18. The lowest BCUT2D eigenvalue weighted by atomic mass is 10.5. The third kappa shape index (κ3) is 4.36. The Morgan fingerprint density at radius 1 is 1.50 bits per heavy atom. The fraction of sp³-hybridized carbons (Fsp3) is 0.375. The van der Waals surface area contributed by atoms with Crippen LogP contribution in [0.1, 0.15) is 5.82 Å². The fourth-order valence-electron chi connectivity index (χ4n) is 0.845. The molecule has 0 aliphatic carbocycles. The molecule has 0 aliphatic rings. The van der Waals surface area contributed by atoms with E-state index in [9.17, 15) is 4.79 Å². The van der Waals surface area contributed by atoms with Crippen LogP contribution < -0.4 is 11.1 Å². The van der Waals surface area contributed by atoms with Gasteiger partial charge in [-0.25, -0.2) is 14.8 Å². The summed E-state index contributed by atoms with van der Waals surface area (Å²) in [4.78, 5) is 18.2. The number of rotatable bonds is 5. The second kappa shape index (κ2) is 5.87. The molecule has 76 valence electrons. The van der Waals surface area contributed by atoms with Crippen LogP contribution in [-0.2, 0) is 11.3 Å². The first-order valence-corrected chi connectivity index (χ1v) is 4.18. The lowest BCUT2D eigenvalue weighted by Gasteiger charge is -2.03. The summed E-state index contributed by atoms with van der Waals surface area (Å²) in [6.07, 6.45) is 2.58. The smallest absolute Gasteiger partial charge is 0.404 e. The van der Waals surface area contributed by atoms with Crippen LogP contribution in [0.4, 0.5) is 4.79 Å². The molecule has 0 aromatic carbocycles. The summed E-state index contributed by atoms with van der Waals surface area (Å²) >= 11 is 0. The number of primary amides is 1. The summed E-state index contributed by atoms with van der Waals surface area (Å²) in [6.45, 7) is 1.33. The van der Waals surface area contributed by atoms with Gasteiger partial charge in [-0.3, -0.25) is 0 Å². The minimum atomic E-state index is -0.761. The number of ether oxygens (including phenoxy) is 1. The summed E-state index contributed by atoms with van der Waals surface area (Å²) in [7, 11) is 0. The first kappa shape index (κ1) is 10.4. The van der Waals surface area contributed by atoms with Crippen molar-refractivity contribution >= 4 is 6.09 Å². The predicted octanol–water partition coefficient (Wildman–Crippen LogP) is -0.339. The van der Waals surface area contributed by atoms with Crippen molar-refractivity contribution < 1.29 is 9.53 Å². The Kier molecular flexibility index (Phi) is 4.36. The first-order valence-electron chi connectivity index (χ1n) is 4.18. The number of hydrogen-bond donors (Lipinski definition) is 2. The maximum absolute atomic E-state index is 10.2. The molecule has 1 rings (SSSR count). The van der Waals surface area contributed by atoms with Gasteiger partial charge in [0.2, 0.25) is 0 Å². The lowest BCUT2D eigenvalue weighted by molar-refractivity contribution is 0.157. The molecule has 0 bridgehead atoms. The van der Waals surface area contributed by atoms with E-state index < -0.39 is 6.09 Å². The Bertz CT molecular complexity index is 278. The van der Waals surface area contributed by atoms with Gasteiger partial charge in [0.15, 0.2) is 0 Å². The SMILES string of the molecule is NC(=O)OCCNCc1ncccn1. The molecule has 0 fully saturated rings. The van der Waals surface area contributed by atoms with E-state index in [2.05, 4.69) is 20.0 Å². The van der Waals surface area contributed by atoms with Gasteiger partial charge >= 0.3 is 6.09 Å². The Balaban J connectivity index is 2.08. The van der Waals surface area contributed by atoms with E-state index in [-0.39, 0.29) is 6.61 Å². The first-order chi connectivity index (χ1) is 6.79. The second-order valence-electron chi connectivity index (χ2n) is 2.51. The highest BCUT2D eigenvalue weighted by Crippen LogP contribution is 1.85. The van der Waals surface area contributed by atoms with E-state index >= 15 is 0 Å². The van der Waals surface area contributed by atoms with Crippen LogP contribution in [0.25, 0.3) is 0 Å². The largest absolute Gasteiger partial charge is 0.448 e. The van der Waals surface area contributed by atoms with Crippen LogP contribution in [0, 0.1) is 0 Å². The van der Waals surface area contributed by atoms with Crippen molar-refractivity contribution in [2.75, 3.05) is 13.2 Å². The summed E-state index contributed by atoms with van der Waals surface area (Å²) in [5, 5.41) is 3.00. The minimum Gasteiger partial charge on any atom is -0.448 e. The quantitative estimate of drug-likeness (QED) is 0.629. The van der Waals surface area contributed by atoms with Gasteiger partial charge in [0.1, 0.15) is 12.4 Å². The van der Waals surface area contributed by atoms with Crippen LogP contribution in [-0.4, -0.2) is 29.2 Å². The van der Waals surface area contributed by atoms with Crippen molar-refractivity contribution in [3.05, 3.63) is 24.3 Å². The highest BCUT2D eigenvalue weighted by molar-refractivity contribution is 5.64. The van der Waals surface area contributed by atoms with Crippen molar-refractivity contribution in [3.8, 4) is 0 Å². The number of nitrogens with zero attached hydrogens (tertiary/aromatic N) is 2. The topological polar surface area (TPSA) is 90.1 Å². The Morgan fingerprint density at radius 3 is 2.86 bits per heavy atom. The molecule has 0 atom stereocenters. The fourth-order valence-corrected chi connectivity index (χ4v) is 0.845. The molecule has 3 N–H and O–H groups in total. The monoisotopic (exact) mass is 196 g/mol. The van der Waals surface area contributed by atoms with Crippen LogP contribution in [0.2, 0.25) is 0 Å². The van der Waals surface area contributed by atoms with Gasteiger partial charge in [-0.15, -0.1) is 0 Å². The van der Waals surface area contributed by atoms with Gasteiger partial charge < -0.3 is 15.8 Å². The highest BCUT2D eigenvalue weighted by atomic mass is 16.5. The molecule has 1 amide bonds. The number of amides is 1. The number of hydrogen-bond acceptors (Lipinski definition) is 5. The zero-order valence-electron chi connectivity index (χ0n) is 7.64. The zero-order valence-corrected chi connectivity index (χ0v) is 7.64. The molecule has 6 heteroatoms. The van der Waals surface area contributed by atoms with Crippen LogP contribution in [0.3, 0.4) is 0 Å². The molecule has 0 unspecified atom stereocenters. The van der Waals surface area contributed by atoms with Gasteiger partial charge in [0.25, 0.3) is 0 Å². The van der Waals surface area contributed by atoms with Crippen molar-refractivity contribution in [3.63, 3.8) is 0 Å². The normalized spacial score (nSPS) is 9.71. The lowest BCUT2D eigenvalue weighted by Crippen LogP contribution is -2.23. The minimum absolute atomic E-state index is 0.252. The van der Waals surface area contributed by atoms with Crippen molar-refractivity contribution in [1.82, 2.24) is 15.3 Å². The van der Waals surface area contributed by atoms with E-state index in [1.165, 1.54) is 0 Å². The van der Waals surface area contributed by atoms with E-state index in [0.717, 1.165) is 0 Å². The predicted molar refractivity (Wildman–Crippen MR) is 49.3 cm³/mol. The Hall–Kier alpha value is -1.69. The summed E-state index contributed by atoms with van der Waals surface area (Å²) in [5.74, 6) is 0.701. The number of nitrogens with two attached hydrogens (primary N) is 1. The van der Waals surface area contributed by atoms with Gasteiger partial charge in [0, 0.05) is 18.9 Å². The molecule has 6 nitrogen and oxygen atoms in total. The van der Waals surface area contributed by atoms with Crippen molar-refractivity contribution in [2.24, 2.45) is 5.73 Å². The number of aromatic nitrogens is 2. The van der Waals surface area contributed by atoms with Crippen molar-refractivity contribution in [2.45, 2.75) is 6.54 Å². The van der Waals surface area contributed by atoms with Crippen LogP contribution in [0.15, 0.2) is 18.5 Å². The third-order valence-electron chi connectivity index (χ3n) is 1.43. The molecular weight excluding hydrogens is 184 g/mol. The van der Waals surface area contributed by atoms with E-state index in [0.29, 0.717) is 18.9 Å². The van der Waals surface area contributed by atoms with Crippen LogP contribution in [0.5, 0.6) is 0 Å². The van der Waals surface area contributed by atoms with E-state index in [1.54, 1.807) is 18.5 Å². The van der Waals surface area contributed by atoms with Crippen LogP contribution >= 0.6 is 0 Å².